The molecule has 1 heterocycles. The van der Waals surface area contributed by atoms with Gasteiger partial charge in [0, 0.05) is 17.5 Å². The third kappa shape index (κ3) is 5.03. The highest BCUT2D eigenvalue weighted by atomic mass is 32.1. The van der Waals surface area contributed by atoms with Crippen LogP contribution in [0.15, 0.2) is 29.6 Å². The van der Waals surface area contributed by atoms with Crippen molar-refractivity contribution in [1.29, 1.82) is 0 Å². The van der Waals surface area contributed by atoms with E-state index in [9.17, 15) is 9.59 Å². The second-order valence-corrected chi connectivity index (χ2v) is 6.25. The molecule has 0 aliphatic carbocycles. The number of carbonyl (C=O) groups is 2. The fourth-order valence-corrected chi connectivity index (χ4v) is 3.08. The molecule has 0 spiro atoms. The number of amides is 1. The first kappa shape index (κ1) is 18.9. The molecule has 2 rings (SSSR count). The summed E-state index contributed by atoms with van der Waals surface area (Å²) in [7, 11) is 1.57. The van der Waals surface area contributed by atoms with E-state index in [1.54, 1.807) is 48.6 Å². The Bertz CT molecular complexity index is 729. The number of esters is 1. The second-order valence-electron chi connectivity index (χ2n) is 5.31. The Hall–Kier alpha value is -2.41. The lowest BCUT2D eigenvalue weighted by molar-refractivity contribution is 0.0520. The Morgan fingerprint density at radius 1 is 1.28 bits per heavy atom. The Morgan fingerprint density at radius 2 is 2.08 bits per heavy atom. The van der Waals surface area contributed by atoms with Crippen LogP contribution in [0.2, 0.25) is 0 Å². The van der Waals surface area contributed by atoms with E-state index in [1.165, 1.54) is 11.3 Å². The number of benzene rings is 1. The van der Waals surface area contributed by atoms with Crippen LogP contribution in [0.5, 0.6) is 5.75 Å². The van der Waals surface area contributed by atoms with Gasteiger partial charge in [-0.15, -0.1) is 11.3 Å². The maximum absolute atomic E-state index is 12.8. The van der Waals surface area contributed by atoms with Gasteiger partial charge in [-0.25, -0.2) is 9.78 Å². The van der Waals surface area contributed by atoms with Gasteiger partial charge in [-0.05, 0) is 31.5 Å². The van der Waals surface area contributed by atoms with E-state index in [1.807, 2.05) is 6.92 Å². The first-order valence-corrected chi connectivity index (χ1v) is 9.01. The Balaban J connectivity index is 2.14. The predicted molar refractivity (Wildman–Crippen MR) is 96.1 cm³/mol. The minimum absolute atomic E-state index is 0.0892. The number of hydrogen-bond donors (Lipinski definition) is 0. The monoisotopic (exact) mass is 362 g/mol. The van der Waals surface area contributed by atoms with Gasteiger partial charge in [0.15, 0.2) is 5.69 Å². The lowest BCUT2D eigenvalue weighted by Crippen LogP contribution is -2.31. The molecule has 1 aromatic heterocycles. The van der Waals surface area contributed by atoms with Crippen LogP contribution in [-0.4, -0.2) is 42.0 Å². The van der Waals surface area contributed by atoms with Gasteiger partial charge in [0.05, 0.1) is 20.3 Å². The van der Waals surface area contributed by atoms with Gasteiger partial charge >= 0.3 is 5.97 Å². The van der Waals surface area contributed by atoms with E-state index in [2.05, 4.69) is 4.98 Å². The molecule has 1 aromatic carbocycles. The summed E-state index contributed by atoms with van der Waals surface area (Å²) in [6.07, 6.45) is 0.825. The highest BCUT2D eigenvalue weighted by molar-refractivity contribution is 7.09. The smallest absolute Gasteiger partial charge is 0.357 e. The highest BCUT2D eigenvalue weighted by Gasteiger charge is 2.19. The number of carbonyl (C=O) groups excluding carboxylic acids is 2. The zero-order chi connectivity index (χ0) is 18.2. The quantitative estimate of drug-likeness (QED) is 0.674. The molecule has 0 atom stereocenters. The molecule has 0 bridgehead atoms. The molecule has 0 radical (unpaired) electrons. The van der Waals surface area contributed by atoms with Crippen LogP contribution in [0.3, 0.4) is 0 Å². The molecular weight excluding hydrogens is 340 g/mol. The summed E-state index contributed by atoms with van der Waals surface area (Å²) in [5, 5.41) is 2.36. The van der Waals surface area contributed by atoms with Crippen LogP contribution < -0.4 is 4.74 Å². The largest absolute Gasteiger partial charge is 0.497 e. The van der Waals surface area contributed by atoms with Crippen molar-refractivity contribution in [1.82, 2.24) is 9.88 Å². The number of aromatic nitrogens is 1. The van der Waals surface area contributed by atoms with Gasteiger partial charge in [0.25, 0.3) is 5.91 Å². The van der Waals surface area contributed by atoms with Crippen LogP contribution in [0.25, 0.3) is 0 Å². The molecule has 25 heavy (non-hydrogen) atoms. The van der Waals surface area contributed by atoms with Crippen molar-refractivity contribution in [2.75, 3.05) is 20.3 Å². The molecule has 0 unspecified atom stereocenters. The molecule has 0 saturated carbocycles. The number of nitrogens with zero attached hydrogens (tertiary/aromatic N) is 2. The molecule has 6 nitrogen and oxygen atoms in total. The normalized spacial score (nSPS) is 10.4. The molecule has 134 valence electrons. The van der Waals surface area contributed by atoms with E-state index >= 15 is 0 Å². The van der Waals surface area contributed by atoms with Crippen molar-refractivity contribution in [2.24, 2.45) is 0 Å². The summed E-state index contributed by atoms with van der Waals surface area (Å²) < 4.78 is 10.1. The van der Waals surface area contributed by atoms with Crippen molar-refractivity contribution < 1.29 is 19.1 Å². The van der Waals surface area contributed by atoms with Crippen LogP contribution in [-0.2, 0) is 11.3 Å². The van der Waals surface area contributed by atoms with Crippen molar-refractivity contribution in [2.45, 2.75) is 26.8 Å². The summed E-state index contributed by atoms with van der Waals surface area (Å²) in [5.41, 5.74) is 0.849. The molecular formula is C18H22N2O4S. The zero-order valence-electron chi connectivity index (χ0n) is 14.7. The standard InChI is InChI=1S/C18H22N2O4S/c1-4-9-20(17(21)13-7-6-8-14(10-13)23-3)11-16-19-15(12-25-16)18(22)24-5-2/h6-8,10,12H,4-5,9,11H2,1-3H3. The molecule has 2 aromatic rings. The van der Waals surface area contributed by atoms with Crippen LogP contribution in [0.1, 0.15) is 46.1 Å². The van der Waals surface area contributed by atoms with E-state index in [-0.39, 0.29) is 11.6 Å². The molecule has 0 fully saturated rings. The summed E-state index contributed by atoms with van der Waals surface area (Å²) in [4.78, 5) is 30.5. The average molecular weight is 362 g/mol. The molecule has 0 aliphatic rings. The number of methoxy groups -OCH3 is 1. The summed E-state index contributed by atoms with van der Waals surface area (Å²) in [6.45, 7) is 5.03. The van der Waals surface area contributed by atoms with Crippen LogP contribution >= 0.6 is 11.3 Å². The van der Waals surface area contributed by atoms with Gasteiger partial charge in [-0.3, -0.25) is 4.79 Å². The van der Waals surface area contributed by atoms with Gasteiger partial charge < -0.3 is 14.4 Å². The number of hydrogen-bond acceptors (Lipinski definition) is 6. The van der Waals surface area contributed by atoms with E-state index in [0.717, 1.165) is 6.42 Å². The summed E-state index contributed by atoms with van der Waals surface area (Å²) in [5.74, 6) is 0.112. The SMILES string of the molecule is CCCN(Cc1nc(C(=O)OCC)cs1)C(=O)c1cccc(OC)c1. The first-order chi connectivity index (χ1) is 12.1. The van der Waals surface area contributed by atoms with Gasteiger partial charge in [0.1, 0.15) is 10.8 Å². The van der Waals surface area contributed by atoms with Gasteiger partial charge in [-0.1, -0.05) is 13.0 Å². The van der Waals surface area contributed by atoms with E-state index in [0.29, 0.717) is 36.0 Å². The summed E-state index contributed by atoms with van der Waals surface area (Å²) in [6, 6.07) is 7.07. The second kappa shape index (κ2) is 9.17. The van der Waals surface area contributed by atoms with Crippen LogP contribution in [0, 0.1) is 0 Å². The highest BCUT2D eigenvalue weighted by Crippen LogP contribution is 2.18. The van der Waals surface area contributed by atoms with Crippen molar-refractivity contribution >= 4 is 23.2 Å². The molecule has 0 aliphatic heterocycles. The molecule has 7 heteroatoms. The minimum atomic E-state index is -0.439. The third-order valence-corrected chi connectivity index (χ3v) is 4.29. The minimum Gasteiger partial charge on any atom is -0.497 e. The van der Waals surface area contributed by atoms with E-state index in [4.69, 9.17) is 9.47 Å². The number of thiazole rings is 1. The zero-order valence-corrected chi connectivity index (χ0v) is 15.5. The average Bonchev–Trinajstić information content (AvgIpc) is 3.10. The summed E-state index contributed by atoms with van der Waals surface area (Å²) >= 11 is 1.35. The topological polar surface area (TPSA) is 68.7 Å². The van der Waals surface area contributed by atoms with Crippen molar-refractivity contribution in [3.63, 3.8) is 0 Å². The molecule has 0 saturated heterocycles. The first-order valence-electron chi connectivity index (χ1n) is 8.13. The fraction of sp³-hybridized carbons (Fsp3) is 0.389. The van der Waals surface area contributed by atoms with Crippen LogP contribution in [0.4, 0.5) is 0 Å². The maximum atomic E-state index is 12.8. The van der Waals surface area contributed by atoms with Crippen molar-refractivity contribution in [3.05, 3.63) is 45.9 Å². The Morgan fingerprint density at radius 3 is 2.76 bits per heavy atom. The van der Waals surface area contributed by atoms with Gasteiger partial charge in [-0.2, -0.15) is 0 Å². The number of rotatable bonds is 8. The fourth-order valence-electron chi connectivity index (χ4n) is 2.31. The molecule has 1 amide bonds. The van der Waals surface area contributed by atoms with E-state index < -0.39 is 5.97 Å². The maximum Gasteiger partial charge on any atom is 0.357 e. The Labute approximate surface area is 151 Å². The lowest BCUT2D eigenvalue weighted by atomic mass is 10.2. The number of ether oxygens (including phenoxy) is 2. The van der Waals surface area contributed by atoms with Gasteiger partial charge in [0.2, 0.25) is 0 Å². The van der Waals surface area contributed by atoms with Crippen molar-refractivity contribution in [3.8, 4) is 5.75 Å². The lowest BCUT2D eigenvalue weighted by Gasteiger charge is -2.21. The molecule has 0 N–H and O–H groups in total. The third-order valence-electron chi connectivity index (χ3n) is 3.46. The Kier molecular flexibility index (Phi) is 6.94. The predicted octanol–water partition coefficient (Wildman–Crippen LogP) is 3.38.